The number of aromatic hydroxyl groups is 1. The third-order valence-electron chi connectivity index (χ3n) is 2.97. The molecule has 102 valence electrons. The zero-order chi connectivity index (χ0) is 14.2. The topological polar surface area (TPSA) is 66.8 Å². The van der Waals surface area contributed by atoms with Gasteiger partial charge in [-0.1, -0.05) is 11.6 Å². The number of ether oxygens (including phenoxy) is 1. The first-order chi connectivity index (χ1) is 8.93. The summed E-state index contributed by atoms with van der Waals surface area (Å²) >= 11 is 5.56. The highest BCUT2D eigenvalue weighted by Crippen LogP contribution is 2.34. The van der Waals surface area contributed by atoms with Crippen LogP contribution < -0.4 is 4.90 Å². The predicted octanol–water partition coefficient (Wildman–Crippen LogP) is 1.71. The second-order valence-electron chi connectivity index (χ2n) is 4.18. The fourth-order valence-corrected chi connectivity index (χ4v) is 2.15. The first-order valence-electron chi connectivity index (χ1n) is 5.50. The standard InChI is InChI=1S/C12H11ClFNO4/c1-19-12(18)6-2-11(17)15(5-6)9-4-10(16)7(13)3-8(9)14/h3-4,6,16H,2,5H2,1H3. The van der Waals surface area contributed by atoms with E-state index in [9.17, 15) is 19.1 Å². The lowest BCUT2D eigenvalue weighted by atomic mass is 10.1. The average molecular weight is 288 g/mol. The zero-order valence-electron chi connectivity index (χ0n) is 10.0. The number of anilines is 1. The minimum Gasteiger partial charge on any atom is -0.506 e. The summed E-state index contributed by atoms with van der Waals surface area (Å²) in [6.45, 7) is 0.0174. The molecule has 1 fully saturated rings. The van der Waals surface area contributed by atoms with Crippen molar-refractivity contribution in [3.63, 3.8) is 0 Å². The molecule has 1 aliphatic rings. The van der Waals surface area contributed by atoms with E-state index >= 15 is 0 Å². The van der Waals surface area contributed by atoms with Gasteiger partial charge in [0.15, 0.2) is 0 Å². The second-order valence-corrected chi connectivity index (χ2v) is 4.59. The summed E-state index contributed by atoms with van der Waals surface area (Å²) in [7, 11) is 1.23. The number of phenolic OH excluding ortho intramolecular Hbond substituents is 1. The number of esters is 1. The van der Waals surface area contributed by atoms with E-state index in [1.165, 1.54) is 7.11 Å². The van der Waals surface area contributed by atoms with Crippen molar-refractivity contribution in [2.45, 2.75) is 6.42 Å². The van der Waals surface area contributed by atoms with Crippen LogP contribution in [0.3, 0.4) is 0 Å². The lowest BCUT2D eigenvalue weighted by Crippen LogP contribution is -2.27. The summed E-state index contributed by atoms with van der Waals surface area (Å²) < 4.78 is 18.3. The van der Waals surface area contributed by atoms with Crippen molar-refractivity contribution in [3.8, 4) is 5.75 Å². The van der Waals surface area contributed by atoms with Crippen LogP contribution in [0.1, 0.15) is 6.42 Å². The lowest BCUT2D eigenvalue weighted by Gasteiger charge is -2.17. The van der Waals surface area contributed by atoms with E-state index in [1.807, 2.05) is 0 Å². The average Bonchev–Trinajstić information content (AvgIpc) is 2.75. The van der Waals surface area contributed by atoms with Crippen LogP contribution in [0.25, 0.3) is 0 Å². The van der Waals surface area contributed by atoms with E-state index in [0.29, 0.717) is 0 Å². The Kier molecular flexibility index (Phi) is 3.61. The van der Waals surface area contributed by atoms with Crippen LogP contribution in [0.4, 0.5) is 10.1 Å². The number of hydrogen-bond acceptors (Lipinski definition) is 4. The molecule has 0 radical (unpaired) electrons. The van der Waals surface area contributed by atoms with Gasteiger partial charge in [0.25, 0.3) is 0 Å². The molecule has 1 aromatic rings. The summed E-state index contributed by atoms with van der Waals surface area (Å²) in [5, 5.41) is 9.32. The number of phenols is 1. The van der Waals surface area contributed by atoms with Crippen LogP contribution in [-0.2, 0) is 14.3 Å². The highest BCUT2D eigenvalue weighted by molar-refractivity contribution is 6.32. The van der Waals surface area contributed by atoms with Crippen molar-refractivity contribution in [2.24, 2.45) is 5.92 Å². The summed E-state index contributed by atoms with van der Waals surface area (Å²) in [4.78, 5) is 24.3. The molecular weight excluding hydrogens is 277 g/mol. The van der Waals surface area contributed by atoms with Crippen molar-refractivity contribution in [1.29, 1.82) is 0 Å². The van der Waals surface area contributed by atoms with Crippen molar-refractivity contribution >= 4 is 29.2 Å². The monoisotopic (exact) mass is 287 g/mol. The number of nitrogens with zero attached hydrogens (tertiary/aromatic N) is 1. The quantitative estimate of drug-likeness (QED) is 0.841. The molecular formula is C12H11ClFNO4. The van der Waals surface area contributed by atoms with Gasteiger partial charge < -0.3 is 14.7 Å². The van der Waals surface area contributed by atoms with Crippen LogP contribution in [0.15, 0.2) is 12.1 Å². The van der Waals surface area contributed by atoms with Crippen LogP contribution in [0, 0.1) is 11.7 Å². The van der Waals surface area contributed by atoms with Gasteiger partial charge in [0.1, 0.15) is 11.6 Å². The summed E-state index contributed by atoms with van der Waals surface area (Å²) in [6.07, 6.45) is -0.0461. The third kappa shape index (κ3) is 2.49. The summed E-state index contributed by atoms with van der Waals surface area (Å²) in [6, 6.07) is 1.99. The van der Waals surface area contributed by atoms with E-state index in [1.54, 1.807) is 0 Å². The molecule has 1 atom stereocenters. The van der Waals surface area contributed by atoms with Gasteiger partial charge in [-0.2, -0.15) is 0 Å². The number of benzene rings is 1. The largest absolute Gasteiger partial charge is 0.506 e. The molecule has 1 aliphatic heterocycles. The Labute approximate surface area is 113 Å². The van der Waals surface area contributed by atoms with Gasteiger partial charge in [0.05, 0.1) is 23.7 Å². The number of amides is 1. The molecule has 0 spiro atoms. The number of hydrogen-bond donors (Lipinski definition) is 1. The molecule has 1 amide bonds. The molecule has 1 N–H and O–H groups in total. The second kappa shape index (κ2) is 5.05. The van der Waals surface area contributed by atoms with Gasteiger partial charge in [-0.3, -0.25) is 9.59 Å². The van der Waals surface area contributed by atoms with Crippen LogP contribution in [0.2, 0.25) is 5.02 Å². The van der Waals surface area contributed by atoms with Crippen LogP contribution >= 0.6 is 11.6 Å². The Hall–Kier alpha value is -1.82. The summed E-state index contributed by atoms with van der Waals surface area (Å²) in [5.41, 5.74) is -0.0988. The Bertz CT molecular complexity index is 549. The molecule has 2 rings (SSSR count). The number of methoxy groups -OCH3 is 1. The maximum absolute atomic E-state index is 13.8. The molecule has 1 aromatic carbocycles. The minimum atomic E-state index is -0.735. The molecule has 0 saturated carbocycles. The van der Waals surface area contributed by atoms with Gasteiger partial charge in [-0.25, -0.2) is 4.39 Å². The van der Waals surface area contributed by atoms with Crippen molar-refractivity contribution in [3.05, 3.63) is 23.0 Å². The van der Waals surface area contributed by atoms with E-state index in [2.05, 4.69) is 4.74 Å². The Morgan fingerprint density at radius 3 is 2.89 bits per heavy atom. The van der Waals surface area contributed by atoms with Crippen LogP contribution in [0.5, 0.6) is 5.75 Å². The maximum atomic E-state index is 13.8. The van der Waals surface area contributed by atoms with Gasteiger partial charge in [0, 0.05) is 19.0 Å². The highest BCUT2D eigenvalue weighted by atomic mass is 35.5. The van der Waals surface area contributed by atoms with Gasteiger partial charge in [0.2, 0.25) is 5.91 Å². The van der Waals surface area contributed by atoms with Crippen molar-refractivity contribution in [1.82, 2.24) is 0 Å². The minimum absolute atomic E-state index is 0.0174. The predicted molar refractivity (Wildman–Crippen MR) is 65.6 cm³/mol. The van der Waals surface area contributed by atoms with Gasteiger partial charge >= 0.3 is 5.97 Å². The molecule has 7 heteroatoms. The number of carbonyl (C=O) groups excluding carboxylic acids is 2. The third-order valence-corrected chi connectivity index (χ3v) is 3.27. The molecule has 19 heavy (non-hydrogen) atoms. The van der Waals surface area contributed by atoms with Crippen molar-refractivity contribution in [2.75, 3.05) is 18.6 Å². The van der Waals surface area contributed by atoms with Crippen molar-refractivity contribution < 1.29 is 23.8 Å². The number of carbonyl (C=O) groups is 2. The first kappa shape index (κ1) is 13.6. The molecule has 0 bridgehead atoms. The van der Waals surface area contributed by atoms with E-state index in [0.717, 1.165) is 17.0 Å². The zero-order valence-corrected chi connectivity index (χ0v) is 10.8. The fraction of sp³-hybridized carbons (Fsp3) is 0.333. The molecule has 0 aliphatic carbocycles. The smallest absolute Gasteiger partial charge is 0.311 e. The maximum Gasteiger partial charge on any atom is 0.311 e. The molecule has 1 saturated heterocycles. The van der Waals surface area contributed by atoms with E-state index in [-0.39, 0.29) is 29.4 Å². The Balaban J connectivity index is 2.30. The fourth-order valence-electron chi connectivity index (χ4n) is 2.00. The van der Waals surface area contributed by atoms with E-state index in [4.69, 9.17) is 11.6 Å². The lowest BCUT2D eigenvalue weighted by molar-refractivity contribution is -0.145. The first-order valence-corrected chi connectivity index (χ1v) is 5.88. The van der Waals surface area contributed by atoms with Crippen LogP contribution in [-0.4, -0.2) is 30.6 Å². The Morgan fingerprint density at radius 2 is 2.26 bits per heavy atom. The molecule has 5 nitrogen and oxygen atoms in total. The number of rotatable bonds is 2. The molecule has 0 aromatic heterocycles. The Morgan fingerprint density at radius 1 is 1.58 bits per heavy atom. The summed E-state index contributed by atoms with van der Waals surface area (Å²) in [5.74, 6) is -2.62. The van der Waals surface area contributed by atoms with Gasteiger partial charge in [-0.05, 0) is 6.07 Å². The highest BCUT2D eigenvalue weighted by Gasteiger charge is 2.37. The molecule has 1 heterocycles. The number of halogens is 2. The molecule has 1 unspecified atom stereocenters. The van der Waals surface area contributed by atoms with Gasteiger partial charge in [-0.15, -0.1) is 0 Å². The van der Waals surface area contributed by atoms with E-state index < -0.39 is 23.6 Å². The SMILES string of the molecule is COC(=O)C1CC(=O)N(c2cc(O)c(Cl)cc2F)C1. The normalized spacial score (nSPS) is 18.8.